The SMILES string of the molecule is O=C(CCc1ccc(I)cc1)ON1C(=O)CCC1=O. The van der Waals surface area contributed by atoms with Crippen LogP contribution in [-0.2, 0) is 25.6 Å². The van der Waals surface area contributed by atoms with Crippen molar-refractivity contribution in [2.24, 2.45) is 0 Å². The van der Waals surface area contributed by atoms with Crippen molar-refractivity contribution in [3.63, 3.8) is 0 Å². The topological polar surface area (TPSA) is 63.7 Å². The first-order chi connectivity index (χ1) is 9.06. The number of carbonyl (C=O) groups excluding carboxylic acids is 3. The molecule has 1 aliphatic heterocycles. The van der Waals surface area contributed by atoms with Crippen molar-refractivity contribution in [2.45, 2.75) is 25.7 Å². The Balaban J connectivity index is 1.83. The normalized spacial score (nSPS) is 14.9. The third kappa shape index (κ3) is 3.76. The van der Waals surface area contributed by atoms with Crippen molar-refractivity contribution in [2.75, 3.05) is 0 Å². The number of imide groups is 1. The maximum Gasteiger partial charge on any atom is 0.333 e. The monoisotopic (exact) mass is 373 g/mol. The van der Waals surface area contributed by atoms with Crippen molar-refractivity contribution in [1.29, 1.82) is 0 Å². The molecule has 0 atom stereocenters. The van der Waals surface area contributed by atoms with Crippen LogP contribution in [-0.4, -0.2) is 22.8 Å². The summed E-state index contributed by atoms with van der Waals surface area (Å²) in [6.07, 6.45) is 0.885. The second-order valence-electron chi connectivity index (χ2n) is 4.17. The van der Waals surface area contributed by atoms with Crippen LogP contribution in [0, 0.1) is 3.57 Å². The lowest BCUT2D eigenvalue weighted by atomic mass is 10.1. The highest BCUT2D eigenvalue weighted by molar-refractivity contribution is 14.1. The summed E-state index contributed by atoms with van der Waals surface area (Å²) in [5.74, 6) is -1.47. The van der Waals surface area contributed by atoms with Gasteiger partial charge >= 0.3 is 5.97 Å². The number of aryl methyl sites for hydroxylation is 1. The van der Waals surface area contributed by atoms with E-state index in [-0.39, 0.29) is 19.3 Å². The highest BCUT2D eigenvalue weighted by Gasteiger charge is 2.32. The zero-order valence-corrected chi connectivity index (χ0v) is 12.3. The smallest absolute Gasteiger partial charge is 0.330 e. The summed E-state index contributed by atoms with van der Waals surface area (Å²) in [6.45, 7) is 0. The fourth-order valence-electron chi connectivity index (χ4n) is 1.70. The van der Waals surface area contributed by atoms with Crippen molar-refractivity contribution < 1.29 is 19.2 Å². The Labute approximate surface area is 124 Å². The lowest BCUT2D eigenvalue weighted by molar-refractivity contribution is -0.197. The number of hydroxylamine groups is 2. The minimum absolute atomic E-state index is 0.114. The van der Waals surface area contributed by atoms with Gasteiger partial charge in [-0.1, -0.05) is 12.1 Å². The predicted molar refractivity (Wildman–Crippen MR) is 74.7 cm³/mol. The lowest BCUT2D eigenvalue weighted by Crippen LogP contribution is -2.32. The molecule has 0 radical (unpaired) electrons. The average Bonchev–Trinajstić information content (AvgIpc) is 2.70. The maximum atomic E-state index is 11.6. The van der Waals surface area contributed by atoms with E-state index in [0.717, 1.165) is 9.13 Å². The fraction of sp³-hybridized carbons (Fsp3) is 0.308. The molecule has 1 aromatic carbocycles. The standard InChI is InChI=1S/C13H12INO4/c14-10-4-1-9(2-5-10)3-8-13(18)19-15-11(16)6-7-12(15)17/h1-2,4-5H,3,6-8H2. The van der Waals surface area contributed by atoms with Crippen LogP contribution in [0.2, 0.25) is 0 Å². The zero-order chi connectivity index (χ0) is 13.8. The van der Waals surface area contributed by atoms with Crippen LogP contribution in [0.1, 0.15) is 24.8 Å². The van der Waals surface area contributed by atoms with E-state index in [2.05, 4.69) is 22.6 Å². The molecule has 1 aliphatic rings. The molecular weight excluding hydrogens is 361 g/mol. The van der Waals surface area contributed by atoms with Gasteiger partial charge in [0.15, 0.2) is 0 Å². The van der Waals surface area contributed by atoms with Gasteiger partial charge in [-0.2, -0.15) is 0 Å². The Morgan fingerprint density at radius 1 is 1.16 bits per heavy atom. The number of carbonyl (C=O) groups is 3. The molecule has 0 bridgehead atoms. The van der Waals surface area contributed by atoms with Gasteiger partial charge in [0.2, 0.25) is 0 Å². The minimum Gasteiger partial charge on any atom is -0.330 e. The van der Waals surface area contributed by atoms with Gasteiger partial charge in [0.05, 0.1) is 6.42 Å². The molecule has 5 nitrogen and oxygen atoms in total. The molecule has 0 N–H and O–H groups in total. The fourth-order valence-corrected chi connectivity index (χ4v) is 2.06. The van der Waals surface area contributed by atoms with Gasteiger partial charge in [-0.3, -0.25) is 9.59 Å². The van der Waals surface area contributed by atoms with E-state index in [0.29, 0.717) is 11.5 Å². The number of hydrogen-bond donors (Lipinski definition) is 0. The van der Waals surface area contributed by atoms with Crippen LogP contribution in [0.25, 0.3) is 0 Å². The average molecular weight is 373 g/mol. The van der Waals surface area contributed by atoms with E-state index >= 15 is 0 Å². The summed E-state index contributed by atoms with van der Waals surface area (Å²) in [4.78, 5) is 38.9. The molecule has 1 heterocycles. The summed E-state index contributed by atoms with van der Waals surface area (Å²) in [6, 6.07) is 7.77. The second kappa shape index (κ2) is 6.14. The first-order valence-electron chi connectivity index (χ1n) is 5.87. The Kier molecular flexibility index (Phi) is 4.52. The number of rotatable bonds is 4. The molecular formula is C13H12INO4. The third-order valence-corrected chi connectivity index (χ3v) is 3.45. The molecule has 0 aliphatic carbocycles. The first kappa shape index (κ1) is 14.0. The molecule has 0 unspecified atom stereocenters. The Hall–Kier alpha value is -1.44. The van der Waals surface area contributed by atoms with Crippen molar-refractivity contribution in [1.82, 2.24) is 5.06 Å². The van der Waals surface area contributed by atoms with Crippen LogP contribution < -0.4 is 0 Å². The van der Waals surface area contributed by atoms with Crippen LogP contribution >= 0.6 is 22.6 Å². The van der Waals surface area contributed by atoms with Crippen LogP contribution in [0.15, 0.2) is 24.3 Å². The summed E-state index contributed by atoms with van der Waals surface area (Å²) in [5, 5.41) is 0.580. The summed E-state index contributed by atoms with van der Waals surface area (Å²) < 4.78 is 1.12. The molecule has 6 heteroatoms. The molecule has 0 spiro atoms. The van der Waals surface area contributed by atoms with E-state index in [1.807, 2.05) is 24.3 Å². The number of amides is 2. The van der Waals surface area contributed by atoms with Crippen molar-refractivity contribution >= 4 is 40.4 Å². The Morgan fingerprint density at radius 3 is 2.32 bits per heavy atom. The Morgan fingerprint density at radius 2 is 1.74 bits per heavy atom. The van der Waals surface area contributed by atoms with Gasteiger partial charge in [0, 0.05) is 16.4 Å². The van der Waals surface area contributed by atoms with Gasteiger partial charge in [-0.15, -0.1) is 5.06 Å². The van der Waals surface area contributed by atoms with Crippen LogP contribution in [0.4, 0.5) is 0 Å². The molecule has 2 amide bonds. The minimum atomic E-state index is -0.567. The van der Waals surface area contributed by atoms with Gasteiger partial charge in [-0.25, -0.2) is 4.79 Å². The van der Waals surface area contributed by atoms with Crippen LogP contribution in [0.5, 0.6) is 0 Å². The van der Waals surface area contributed by atoms with Gasteiger partial charge in [-0.05, 0) is 46.7 Å². The molecule has 1 aromatic rings. The zero-order valence-electron chi connectivity index (χ0n) is 10.1. The summed E-state index contributed by atoms with van der Waals surface area (Å²) >= 11 is 2.20. The summed E-state index contributed by atoms with van der Waals surface area (Å²) in [7, 11) is 0. The van der Waals surface area contributed by atoms with E-state index in [1.54, 1.807) is 0 Å². The van der Waals surface area contributed by atoms with E-state index in [9.17, 15) is 14.4 Å². The number of halogens is 1. The maximum absolute atomic E-state index is 11.6. The van der Waals surface area contributed by atoms with Crippen molar-refractivity contribution in [3.8, 4) is 0 Å². The molecule has 1 saturated heterocycles. The number of benzene rings is 1. The van der Waals surface area contributed by atoms with Gasteiger partial charge < -0.3 is 4.84 Å². The Bertz CT molecular complexity index is 496. The number of hydrogen-bond acceptors (Lipinski definition) is 4. The second-order valence-corrected chi connectivity index (χ2v) is 5.42. The predicted octanol–water partition coefficient (Wildman–Crippen LogP) is 1.83. The third-order valence-electron chi connectivity index (χ3n) is 2.73. The largest absolute Gasteiger partial charge is 0.333 e. The summed E-state index contributed by atoms with van der Waals surface area (Å²) in [5.41, 5.74) is 1.01. The number of nitrogens with zero attached hydrogens (tertiary/aromatic N) is 1. The first-order valence-corrected chi connectivity index (χ1v) is 6.95. The van der Waals surface area contributed by atoms with Gasteiger partial charge in [0.25, 0.3) is 11.8 Å². The quantitative estimate of drug-likeness (QED) is 0.597. The van der Waals surface area contributed by atoms with Crippen LogP contribution in [0.3, 0.4) is 0 Å². The molecule has 100 valence electrons. The van der Waals surface area contributed by atoms with Gasteiger partial charge in [0.1, 0.15) is 0 Å². The highest BCUT2D eigenvalue weighted by Crippen LogP contribution is 2.14. The highest BCUT2D eigenvalue weighted by atomic mass is 127. The van der Waals surface area contributed by atoms with E-state index in [1.165, 1.54) is 0 Å². The van der Waals surface area contributed by atoms with E-state index in [4.69, 9.17) is 4.84 Å². The molecule has 0 aromatic heterocycles. The van der Waals surface area contributed by atoms with E-state index < -0.39 is 17.8 Å². The lowest BCUT2D eigenvalue weighted by Gasteiger charge is -2.12. The molecule has 2 rings (SSSR count). The molecule has 19 heavy (non-hydrogen) atoms. The van der Waals surface area contributed by atoms with Crippen molar-refractivity contribution in [3.05, 3.63) is 33.4 Å². The molecule has 0 saturated carbocycles. The molecule has 1 fully saturated rings.